The van der Waals surface area contributed by atoms with Crippen molar-refractivity contribution in [2.45, 2.75) is 58.9 Å². The number of carbonyl (C=O) groups is 2. The molecule has 0 aliphatic carbocycles. The van der Waals surface area contributed by atoms with Gasteiger partial charge >= 0.3 is 0 Å². The van der Waals surface area contributed by atoms with Crippen LogP contribution in [0.3, 0.4) is 0 Å². The molecule has 1 heterocycles. The van der Waals surface area contributed by atoms with Crippen LogP contribution < -0.4 is 5.73 Å². The van der Waals surface area contributed by atoms with E-state index >= 15 is 0 Å². The van der Waals surface area contributed by atoms with Gasteiger partial charge in [-0.15, -0.1) is 0 Å². The van der Waals surface area contributed by atoms with Crippen molar-refractivity contribution in [2.24, 2.45) is 17.6 Å². The van der Waals surface area contributed by atoms with Gasteiger partial charge in [-0.1, -0.05) is 38.1 Å². The first kappa shape index (κ1) is 19.6. The third-order valence-electron chi connectivity index (χ3n) is 5.04. The standard InChI is InChI=1S/C21H32N2O2/c1-15(2)13-17-6-8-18(9-7-17)20(24)10-11-21(25)23-12-4-5-19(14-23)16(3)22/h6-9,15-16,19H,4-5,10-14,22H2,1-3H3. The van der Waals surface area contributed by atoms with Gasteiger partial charge in [0.25, 0.3) is 0 Å². The number of Topliss-reactive ketones (excluding diaryl/α,β-unsaturated/α-hetero) is 1. The number of nitrogens with two attached hydrogens (primary N) is 1. The quantitative estimate of drug-likeness (QED) is 0.771. The number of carbonyl (C=O) groups excluding carboxylic acids is 2. The predicted molar refractivity (Wildman–Crippen MR) is 102 cm³/mol. The molecule has 2 N–H and O–H groups in total. The lowest BCUT2D eigenvalue weighted by Crippen LogP contribution is -2.45. The highest BCUT2D eigenvalue weighted by molar-refractivity contribution is 5.98. The van der Waals surface area contributed by atoms with Crippen molar-refractivity contribution < 1.29 is 9.59 Å². The molecule has 0 bridgehead atoms. The maximum absolute atomic E-state index is 12.4. The van der Waals surface area contributed by atoms with Crippen molar-refractivity contribution in [3.05, 3.63) is 35.4 Å². The molecule has 1 aliphatic heterocycles. The molecule has 1 aliphatic rings. The van der Waals surface area contributed by atoms with Crippen LogP contribution in [0.1, 0.15) is 62.4 Å². The van der Waals surface area contributed by atoms with E-state index in [0.717, 1.165) is 32.4 Å². The van der Waals surface area contributed by atoms with Gasteiger partial charge in [0.1, 0.15) is 0 Å². The largest absolute Gasteiger partial charge is 0.342 e. The van der Waals surface area contributed by atoms with Crippen molar-refractivity contribution in [1.82, 2.24) is 4.90 Å². The van der Waals surface area contributed by atoms with E-state index in [-0.39, 0.29) is 30.6 Å². The SMILES string of the molecule is CC(C)Cc1ccc(C(=O)CCC(=O)N2CCCC(C(C)N)C2)cc1. The predicted octanol–water partition coefficient (Wildman–Crippen LogP) is 3.43. The van der Waals surface area contributed by atoms with E-state index in [9.17, 15) is 9.59 Å². The Morgan fingerprint density at radius 1 is 1.16 bits per heavy atom. The van der Waals surface area contributed by atoms with Gasteiger partial charge in [-0.25, -0.2) is 0 Å². The van der Waals surface area contributed by atoms with Crippen molar-refractivity contribution >= 4 is 11.7 Å². The minimum atomic E-state index is 0.0465. The van der Waals surface area contributed by atoms with Crippen LogP contribution >= 0.6 is 0 Å². The highest BCUT2D eigenvalue weighted by Crippen LogP contribution is 2.20. The van der Waals surface area contributed by atoms with Crippen LogP contribution in [0.25, 0.3) is 0 Å². The summed E-state index contributed by atoms with van der Waals surface area (Å²) in [6.45, 7) is 7.89. The summed E-state index contributed by atoms with van der Waals surface area (Å²) in [6.07, 6.45) is 3.68. The lowest BCUT2D eigenvalue weighted by Gasteiger charge is -2.34. The Labute approximate surface area is 151 Å². The Bertz CT molecular complexity index is 578. The van der Waals surface area contributed by atoms with Gasteiger partial charge in [0, 0.05) is 37.5 Å². The highest BCUT2D eigenvalue weighted by atomic mass is 16.2. The van der Waals surface area contributed by atoms with Crippen LogP contribution in [0.5, 0.6) is 0 Å². The minimum Gasteiger partial charge on any atom is -0.342 e. The summed E-state index contributed by atoms with van der Waals surface area (Å²) >= 11 is 0. The minimum absolute atomic E-state index is 0.0465. The van der Waals surface area contributed by atoms with E-state index in [1.165, 1.54) is 5.56 Å². The number of nitrogens with zero attached hydrogens (tertiary/aromatic N) is 1. The summed E-state index contributed by atoms with van der Waals surface area (Å²) < 4.78 is 0. The van der Waals surface area contributed by atoms with E-state index in [1.807, 2.05) is 36.1 Å². The molecule has 0 saturated carbocycles. The van der Waals surface area contributed by atoms with Gasteiger partial charge in [0.15, 0.2) is 5.78 Å². The molecule has 1 aromatic rings. The molecule has 2 rings (SSSR count). The summed E-state index contributed by atoms with van der Waals surface area (Å²) in [6, 6.07) is 7.93. The van der Waals surface area contributed by atoms with Crippen LogP contribution in [0.15, 0.2) is 24.3 Å². The first-order chi connectivity index (χ1) is 11.9. The van der Waals surface area contributed by atoms with E-state index in [4.69, 9.17) is 5.73 Å². The summed E-state index contributed by atoms with van der Waals surface area (Å²) in [7, 11) is 0. The first-order valence-corrected chi connectivity index (χ1v) is 9.52. The molecule has 138 valence electrons. The summed E-state index contributed by atoms with van der Waals surface area (Å²) in [5.74, 6) is 1.10. The molecule has 2 unspecified atom stereocenters. The molecule has 1 amide bonds. The van der Waals surface area contributed by atoms with Gasteiger partial charge in [-0.05, 0) is 43.6 Å². The monoisotopic (exact) mass is 344 g/mol. The van der Waals surface area contributed by atoms with Crippen molar-refractivity contribution in [3.8, 4) is 0 Å². The zero-order valence-electron chi connectivity index (χ0n) is 15.8. The van der Waals surface area contributed by atoms with Crippen molar-refractivity contribution in [1.29, 1.82) is 0 Å². The van der Waals surface area contributed by atoms with E-state index in [0.29, 0.717) is 17.4 Å². The first-order valence-electron chi connectivity index (χ1n) is 9.52. The van der Waals surface area contributed by atoms with Crippen LogP contribution in [0, 0.1) is 11.8 Å². The molecule has 1 saturated heterocycles. The number of hydrogen-bond acceptors (Lipinski definition) is 3. The molecular weight excluding hydrogens is 312 g/mol. The van der Waals surface area contributed by atoms with Gasteiger partial charge in [0.2, 0.25) is 5.91 Å². The Kier molecular flexibility index (Phi) is 7.18. The van der Waals surface area contributed by atoms with Crippen LogP contribution in [-0.2, 0) is 11.2 Å². The molecule has 4 nitrogen and oxygen atoms in total. The fourth-order valence-electron chi connectivity index (χ4n) is 3.49. The zero-order chi connectivity index (χ0) is 18.4. The van der Waals surface area contributed by atoms with Crippen molar-refractivity contribution in [3.63, 3.8) is 0 Å². The number of hydrogen-bond donors (Lipinski definition) is 1. The fraction of sp³-hybridized carbons (Fsp3) is 0.619. The zero-order valence-corrected chi connectivity index (χ0v) is 15.8. The lowest BCUT2D eigenvalue weighted by atomic mass is 9.92. The maximum atomic E-state index is 12.4. The third-order valence-corrected chi connectivity index (χ3v) is 5.04. The maximum Gasteiger partial charge on any atom is 0.223 e. The lowest BCUT2D eigenvalue weighted by molar-refractivity contribution is -0.133. The average molecular weight is 344 g/mol. The molecule has 0 radical (unpaired) electrons. The van der Waals surface area contributed by atoms with E-state index < -0.39 is 0 Å². The van der Waals surface area contributed by atoms with Crippen LogP contribution in [0.4, 0.5) is 0 Å². The average Bonchev–Trinajstić information content (AvgIpc) is 2.59. The molecule has 1 fully saturated rings. The number of benzene rings is 1. The van der Waals surface area contributed by atoms with Crippen molar-refractivity contribution in [2.75, 3.05) is 13.1 Å². The Hall–Kier alpha value is -1.68. The molecule has 1 aromatic carbocycles. The molecular formula is C21H32N2O2. The number of piperidine rings is 1. The Morgan fingerprint density at radius 2 is 1.84 bits per heavy atom. The van der Waals surface area contributed by atoms with Gasteiger partial charge < -0.3 is 10.6 Å². The summed E-state index contributed by atoms with van der Waals surface area (Å²) in [5.41, 5.74) is 7.93. The Morgan fingerprint density at radius 3 is 2.44 bits per heavy atom. The van der Waals surface area contributed by atoms with Gasteiger partial charge in [-0.3, -0.25) is 9.59 Å². The topological polar surface area (TPSA) is 63.4 Å². The number of rotatable bonds is 7. The third kappa shape index (κ3) is 5.96. The Balaban J connectivity index is 1.83. The molecule has 0 aromatic heterocycles. The smallest absolute Gasteiger partial charge is 0.223 e. The van der Waals surface area contributed by atoms with Crippen LogP contribution in [-0.4, -0.2) is 35.7 Å². The normalized spacial score (nSPS) is 19.1. The van der Waals surface area contributed by atoms with Gasteiger partial charge in [0.05, 0.1) is 0 Å². The number of amides is 1. The van der Waals surface area contributed by atoms with Crippen LogP contribution in [0.2, 0.25) is 0 Å². The fourth-order valence-corrected chi connectivity index (χ4v) is 3.49. The van der Waals surface area contributed by atoms with E-state index in [1.54, 1.807) is 0 Å². The molecule has 2 atom stereocenters. The second-order valence-corrected chi connectivity index (χ2v) is 7.82. The summed E-state index contributed by atoms with van der Waals surface area (Å²) in [5, 5.41) is 0. The van der Waals surface area contributed by atoms with Gasteiger partial charge in [-0.2, -0.15) is 0 Å². The van der Waals surface area contributed by atoms with E-state index in [2.05, 4.69) is 13.8 Å². The number of likely N-dealkylation sites (tertiary alicyclic amines) is 1. The molecule has 0 spiro atoms. The molecule has 4 heteroatoms. The second kappa shape index (κ2) is 9.14. The number of ketones is 1. The second-order valence-electron chi connectivity index (χ2n) is 7.82. The summed E-state index contributed by atoms with van der Waals surface area (Å²) in [4.78, 5) is 26.6. The molecule has 25 heavy (non-hydrogen) atoms. The highest BCUT2D eigenvalue weighted by Gasteiger charge is 2.25.